The molecule has 4 nitrogen and oxygen atoms in total. The van der Waals surface area contributed by atoms with Gasteiger partial charge in [-0.15, -0.1) is 0 Å². The van der Waals surface area contributed by atoms with Gasteiger partial charge in [0, 0.05) is 12.2 Å². The Balaban J connectivity index is 1.46. The molecule has 1 fully saturated rings. The van der Waals surface area contributed by atoms with Gasteiger partial charge in [0.15, 0.2) is 0 Å². The monoisotopic (exact) mass is 366 g/mol. The highest BCUT2D eigenvalue weighted by atomic mass is 16.5. The third-order valence-corrected chi connectivity index (χ3v) is 5.37. The van der Waals surface area contributed by atoms with Crippen LogP contribution in [0.25, 0.3) is 0 Å². The van der Waals surface area contributed by atoms with Gasteiger partial charge in [-0.2, -0.15) is 0 Å². The molecule has 1 aliphatic heterocycles. The van der Waals surface area contributed by atoms with Crippen molar-refractivity contribution >= 4 is 11.7 Å². The lowest BCUT2D eigenvalue weighted by Gasteiger charge is -2.30. The van der Waals surface area contributed by atoms with Crippen LogP contribution in [0.1, 0.15) is 36.5 Å². The van der Waals surface area contributed by atoms with Gasteiger partial charge in [-0.25, -0.2) is 0 Å². The minimum Gasteiger partial charge on any atom is -0.466 e. The number of anilines is 1. The van der Waals surface area contributed by atoms with Crippen molar-refractivity contribution in [2.75, 3.05) is 25.4 Å². The summed E-state index contributed by atoms with van der Waals surface area (Å²) in [7, 11) is 0. The third kappa shape index (κ3) is 5.57. The van der Waals surface area contributed by atoms with E-state index in [-0.39, 0.29) is 11.9 Å². The lowest BCUT2D eigenvalue weighted by atomic mass is 9.96. The number of nitrogen functional groups attached to an aromatic ring is 1. The summed E-state index contributed by atoms with van der Waals surface area (Å²) in [5.41, 5.74) is 10.8. The van der Waals surface area contributed by atoms with Crippen LogP contribution in [-0.2, 0) is 28.9 Å². The van der Waals surface area contributed by atoms with E-state index in [4.69, 9.17) is 10.5 Å². The van der Waals surface area contributed by atoms with E-state index in [0.717, 1.165) is 51.0 Å². The predicted molar refractivity (Wildman–Crippen MR) is 109 cm³/mol. The van der Waals surface area contributed by atoms with Crippen LogP contribution in [0.4, 0.5) is 5.69 Å². The first-order valence-electron chi connectivity index (χ1n) is 9.96. The summed E-state index contributed by atoms with van der Waals surface area (Å²) in [6, 6.07) is 17.0. The van der Waals surface area contributed by atoms with Crippen molar-refractivity contribution in [1.82, 2.24) is 4.90 Å². The molecule has 0 saturated carbocycles. The topological polar surface area (TPSA) is 55.6 Å². The molecule has 0 unspecified atom stereocenters. The number of nitrogens with two attached hydrogens (primary N) is 1. The van der Waals surface area contributed by atoms with Crippen molar-refractivity contribution in [2.45, 2.75) is 39.2 Å². The minimum absolute atomic E-state index is 0.0273. The van der Waals surface area contributed by atoms with Crippen LogP contribution in [0.5, 0.6) is 0 Å². The molecule has 1 saturated heterocycles. The fourth-order valence-electron chi connectivity index (χ4n) is 3.70. The molecule has 0 aliphatic carbocycles. The van der Waals surface area contributed by atoms with E-state index in [1.807, 2.05) is 25.1 Å². The average Bonchev–Trinajstić information content (AvgIpc) is 2.69. The number of rotatable bonds is 7. The Labute approximate surface area is 162 Å². The number of piperidine rings is 1. The summed E-state index contributed by atoms with van der Waals surface area (Å²) in [5.74, 6) is 0.0505. The quantitative estimate of drug-likeness (QED) is 0.598. The summed E-state index contributed by atoms with van der Waals surface area (Å²) in [6.07, 6.45) is 3.76. The molecule has 0 aromatic heterocycles. The molecule has 4 heteroatoms. The predicted octanol–water partition coefficient (Wildman–Crippen LogP) is 3.83. The van der Waals surface area contributed by atoms with Crippen molar-refractivity contribution in [3.63, 3.8) is 0 Å². The maximum Gasteiger partial charge on any atom is 0.309 e. The van der Waals surface area contributed by atoms with Gasteiger partial charge >= 0.3 is 5.97 Å². The first kappa shape index (κ1) is 19.4. The minimum atomic E-state index is -0.0273. The molecule has 1 heterocycles. The molecule has 0 atom stereocenters. The van der Waals surface area contributed by atoms with Gasteiger partial charge in [0.1, 0.15) is 0 Å². The molecule has 0 spiro atoms. The summed E-state index contributed by atoms with van der Waals surface area (Å²) in [4.78, 5) is 14.3. The van der Waals surface area contributed by atoms with Gasteiger partial charge in [0.2, 0.25) is 0 Å². The van der Waals surface area contributed by atoms with E-state index in [1.54, 1.807) is 0 Å². The fourth-order valence-corrected chi connectivity index (χ4v) is 3.70. The van der Waals surface area contributed by atoms with Crippen LogP contribution in [0, 0.1) is 5.92 Å². The number of carbonyl (C=O) groups excluding carboxylic acids is 1. The number of benzene rings is 2. The largest absolute Gasteiger partial charge is 0.466 e. The first-order chi connectivity index (χ1) is 13.2. The van der Waals surface area contributed by atoms with Gasteiger partial charge in [-0.1, -0.05) is 42.5 Å². The van der Waals surface area contributed by atoms with Crippen LogP contribution in [0.3, 0.4) is 0 Å². The lowest BCUT2D eigenvalue weighted by molar-refractivity contribution is -0.149. The SMILES string of the molecule is CCOC(=O)C1CCN(Cc2ccc(CCc3ccccc3N)cc2)CC1. The zero-order chi connectivity index (χ0) is 19.1. The summed E-state index contributed by atoms with van der Waals surface area (Å²) in [5, 5.41) is 0. The molecule has 144 valence electrons. The van der Waals surface area contributed by atoms with Crippen LogP contribution in [0.2, 0.25) is 0 Å². The number of aryl methyl sites for hydroxylation is 2. The molecule has 0 amide bonds. The molecular weight excluding hydrogens is 336 g/mol. The number of hydrogen-bond acceptors (Lipinski definition) is 4. The summed E-state index contributed by atoms with van der Waals surface area (Å²) in [6.45, 7) is 5.20. The average molecular weight is 367 g/mol. The van der Waals surface area contributed by atoms with Crippen molar-refractivity contribution in [2.24, 2.45) is 5.92 Å². The van der Waals surface area contributed by atoms with E-state index >= 15 is 0 Å². The van der Waals surface area contributed by atoms with E-state index in [1.165, 1.54) is 16.7 Å². The van der Waals surface area contributed by atoms with Crippen molar-refractivity contribution in [3.05, 3.63) is 65.2 Å². The number of para-hydroxylation sites is 1. The smallest absolute Gasteiger partial charge is 0.309 e. The first-order valence-corrected chi connectivity index (χ1v) is 9.96. The highest BCUT2D eigenvalue weighted by Gasteiger charge is 2.25. The zero-order valence-corrected chi connectivity index (χ0v) is 16.2. The molecule has 2 aromatic carbocycles. The van der Waals surface area contributed by atoms with Crippen LogP contribution in [-0.4, -0.2) is 30.6 Å². The lowest BCUT2D eigenvalue weighted by Crippen LogP contribution is -2.36. The number of hydrogen-bond donors (Lipinski definition) is 1. The number of carbonyl (C=O) groups is 1. The Kier molecular flexibility index (Phi) is 6.88. The highest BCUT2D eigenvalue weighted by Crippen LogP contribution is 2.21. The molecule has 3 rings (SSSR count). The van der Waals surface area contributed by atoms with E-state index < -0.39 is 0 Å². The second-order valence-electron chi connectivity index (χ2n) is 7.32. The van der Waals surface area contributed by atoms with Crippen LogP contribution >= 0.6 is 0 Å². The molecule has 1 aliphatic rings. The molecule has 0 bridgehead atoms. The second kappa shape index (κ2) is 9.56. The summed E-state index contributed by atoms with van der Waals surface area (Å²) >= 11 is 0. The molecule has 0 radical (unpaired) electrons. The van der Waals surface area contributed by atoms with E-state index in [0.29, 0.717) is 6.61 Å². The highest BCUT2D eigenvalue weighted by molar-refractivity contribution is 5.72. The number of likely N-dealkylation sites (tertiary alicyclic amines) is 1. The van der Waals surface area contributed by atoms with Gasteiger partial charge in [0.05, 0.1) is 12.5 Å². The van der Waals surface area contributed by atoms with Crippen LogP contribution < -0.4 is 5.73 Å². The van der Waals surface area contributed by atoms with Gasteiger partial charge in [-0.3, -0.25) is 9.69 Å². The standard InChI is InChI=1S/C23H30N2O2/c1-2-27-23(26)21-13-15-25(16-14-21)17-19-9-7-18(8-10-19)11-12-20-5-3-4-6-22(20)24/h3-10,21H,2,11-17,24H2,1H3. The van der Waals surface area contributed by atoms with Gasteiger partial charge in [-0.05, 0) is 68.5 Å². The molecule has 2 N–H and O–H groups in total. The number of ether oxygens (including phenoxy) is 1. The maximum atomic E-state index is 11.8. The Morgan fingerprint density at radius 2 is 1.70 bits per heavy atom. The van der Waals surface area contributed by atoms with Gasteiger partial charge < -0.3 is 10.5 Å². The van der Waals surface area contributed by atoms with Crippen molar-refractivity contribution in [3.8, 4) is 0 Å². The van der Waals surface area contributed by atoms with E-state index in [9.17, 15) is 4.79 Å². The normalized spacial score (nSPS) is 15.6. The Morgan fingerprint density at radius 3 is 2.37 bits per heavy atom. The fraction of sp³-hybridized carbons (Fsp3) is 0.435. The maximum absolute atomic E-state index is 11.8. The summed E-state index contributed by atoms with van der Waals surface area (Å²) < 4.78 is 5.15. The third-order valence-electron chi connectivity index (χ3n) is 5.37. The van der Waals surface area contributed by atoms with E-state index in [2.05, 4.69) is 35.2 Å². The molecule has 27 heavy (non-hydrogen) atoms. The number of nitrogens with zero attached hydrogens (tertiary/aromatic N) is 1. The zero-order valence-electron chi connectivity index (χ0n) is 16.2. The van der Waals surface area contributed by atoms with Crippen LogP contribution in [0.15, 0.2) is 48.5 Å². The molecular formula is C23H30N2O2. The second-order valence-corrected chi connectivity index (χ2v) is 7.32. The Bertz CT molecular complexity index is 734. The van der Waals surface area contributed by atoms with Gasteiger partial charge in [0.25, 0.3) is 0 Å². The Morgan fingerprint density at radius 1 is 1.04 bits per heavy atom. The molecule has 2 aromatic rings. The number of esters is 1. The van der Waals surface area contributed by atoms with Crippen molar-refractivity contribution in [1.29, 1.82) is 0 Å². The van der Waals surface area contributed by atoms with Crippen molar-refractivity contribution < 1.29 is 9.53 Å². The Hall–Kier alpha value is -2.33.